The van der Waals surface area contributed by atoms with Crippen LogP contribution in [0.25, 0.3) is 0 Å². The zero-order valence-electron chi connectivity index (χ0n) is 14.2. The summed E-state index contributed by atoms with van der Waals surface area (Å²) in [6.07, 6.45) is 1.94. The largest absolute Gasteiger partial charge is 0.508 e. The number of esters is 1. The summed E-state index contributed by atoms with van der Waals surface area (Å²) in [5, 5.41) is 29.2. The summed E-state index contributed by atoms with van der Waals surface area (Å²) >= 11 is 0. The minimum atomic E-state index is -1.19. The number of benzene rings is 1. The van der Waals surface area contributed by atoms with Crippen molar-refractivity contribution in [1.82, 2.24) is 0 Å². The van der Waals surface area contributed by atoms with Gasteiger partial charge in [-0.25, -0.2) is 4.79 Å². The van der Waals surface area contributed by atoms with Crippen LogP contribution in [0.5, 0.6) is 5.75 Å². The molecule has 132 valence electrons. The van der Waals surface area contributed by atoms with Crippen LogP contribution in [0.2, 0.25) is 0 Å². The van der Waals surface area contributed by atoms with E-state index < -0.39 is 18.2 Å². The SMILES string of the molecule is CCCC(=C=CC[C@@H](O)c1ccc(O)cc1)C[C@@H](O)C(=O)OCC. The van der Waals surface area contributed by atoms with Crippen molar-refractivity contribution < 1.29 is 24.9 Å². The Balaban J connectivity index is 2.70. The highest BCUT2D eigenvalue weighted by Gasteiger charge is 2.17. The van der Waals surface area contributed by atoms with Gasteiger partial charge in [-0.05, 0) is 42.7 Å². The van der Waals surface area contributed by atoms with Crippen LogP contribution >= 0.6 is 0 Å². The maximum Gasteiger partial charge on any atom is 0.335 e. The van der Waals surface area contributed by atoms with E-state index >= 15 is 0 Å². The van der Waals surface area contributed by atoms with E-state index in [9.17, 15) is 20.1 Å². The van der Waals surface area contributed by atoms with Crippen LogP contribution in [0.4, 0.5) is 0 Å². The van der Waals surface area contributed by atoms with E-state index in [-0.39, 0.29) is 18.8 Å². The summed E-state index contributed by atoms with van der Waals surface area (Å²) in [5.74, 6) is -0.475. The molecule has 0 bridgehead atoms. The Bertz CT molecular complexity index is 570. The number of hydrogen-bond donors (Lipinski definition) is 3. The van der Waals surface area contributed by atoms with Gasteiger partial charge in [-0.15, -0.1) is 5.73 Å². The van der Waals surface area contributed by atoms with Crippen molar-refractivity contribution in [3.63, 3.8) is 0 Å². The van der Waals surface area contributed by atoms with Crippen molar-refractivity contribution in [1.29, 1.82) is 0 Å². The summed E-state index contributed by atoms with van der Waals surface area (Å²) < 4.78 is 4.79. The van der Waals surface area contributed by atoms with Crippen molar-refractivity contribution in [2.75, 3.05) is 6.61 Å². The van der Waals surface area contributed by atoms with Gasteiger partial charge in [0.1, 0.15) is 5.75 Å². The zero-order chi connectivity index (χ0) is 17.9. The van der Waals surface area contributed by atoms with Crippen molar-refractivity contribution in [3.8, 4) is 5.75 Å². The fraction of sp³-hybridized carbons (Fsp3) is 0.474. The lowest BCUT2D eigenvalue weighted by molar-refractivity contribution is -0.152. The average molecular weight is 334 g/mol. The molecule has 1 aromatic rings. The molecule has 0 aliphatic heterocycles. The molecule has 5 nitrogen and oxygen atoms in total. The lowest BCUT2D eigenvalue weighted by Gasteiger charge is -2.11. The van der Waals surface area contributed by atoms with Gasteiger partial charge in [0.2, 0.25) is 0 Å². The highest BCUT2D eigenvalue weighted by Crippen LogP contribution is 2.20. The number of carbonyl (C=O) groups excluding carboxylic acids is 1. The summed E-state index contributed by atoms with van der Waals surface area (Å²) in [6.45, 7) is 3.93. The molecule has 24 heavy (non-hydrogen) atoms. The Labute approximate surface area is 142 Å². The van der Waals surface area contributed by atoms with Gasteiger partial charge in [0.15, 0.2) is 6.10 Å². The maximum absolute atomic E-state index is 11.5. The van der Waals surface area contributed by atoms with Gasteiger partial charge in [-0.2, -0.15) is 0 Å². The molecule has 3 N–H and O–H groups in total. The first-order chi connectivity index (χ1) is 11.5. The molecule has 0 fully saturated rings. The quantitative estimate of drug-likeness (QED) is 0.477. The number of carbonyl (C=O) groups is 1. The second-order valence-corrected chi connectivity index (χ2v) is 5.52. The van der Waals surface area contributed by atoms with Crippen LogP contribution in [0, 0.1) is 0 Å². The predicted molar refractivity (Wildman–Crippen MR) is 91.4 cm³/mol. The molecule has 0 amide bonds. The number of aliphatic hydroxyl groups is 2. The van der Waals surface area contributed by atoms with Crippen LogP contribution in [0.1, 0.15) is 51.2 Å². The zero-order valence-corrected chi connectivity index (χ0v) is 14.2. The molecule has 0 heterocycles. The van der Waals surface area contributed by atoms with Crippen LogP contribution in [-0.2, 0) is 9.53 Å². The van der Waals surface area contributed by atoms with Gasteiger partial charge in [0, 0.05) is 12.8 Å². The molecule has 5 heteroatoms. The Morgan fingerprint density at radius 3 is 2.50 bits per heavy atom. The van der Waals surface area contributed by atoms with Crippen molar-refractivity contribution in [2.24, 2.45) is 0 Å². The molecule has 1 rings (SSSR count). The Morgan fingerprint density at radius 1 is 1.25 bits per heavy atom. The Hall–Kier alpha value is -2.07. The molecule has 0 aliphatic rings. The fourth-order valence-electron chi connectivity index (χ4n) is 2.24. The minimum Gasteiger partial charge on any atom is -0.508 e. The first kappa shape index (κ1) is 20.0. The number of aliphatic hydroxyl groups excluding tert-OH is 2. The summed E-state index contributed by atoms with van der Waals surface area (Å²) in [5.41, 5.74) is 4.59. The van der Waals surface area contributed by atoms with E-state index in [1.807, 2.05) is 6.92 Å². The molecular formula is C19H26O5. The van der Waals surface area contributed by atoms with Gasteiger partial charge >= 0.3 is 5.97 Å². The van der Waals surface area contributed by atoms with Gasteiger partial charge < -0.3 is 20.1 Å². The van der Waals surface area contributed by atoms with E-state index in [1.54, 1.807) is 25.1 Å². The average Bonchev–Trinajstić information content (AvgIpc) is 2.55. The number of phenolic OH excluding ortho intramolecular Hbond substituents is 1. The molecule has 0 saturated carbocycles. The third-order valence-corrected chi connectivity index (χ3v) is 3.48. The van der Waals surface area contributed by atoms with Crippen molar-refractivity contribution >= 4 is 5.97 Å². The summed E-state index contributed by atoms with van der Waals surface area (Å²) in [7, 11) is 0. The second-order valence-electron chi connectivity index (χ2n) is 5.52. The number of ether oxygens (including phenoxy) is 1. The maximum atomic E-state index is 11.5. The van der Waals surface area contributed by atoms with Crippen molar-refractivity contribution in [3.05, 3.63) is 47.2 Å². The van der Waals surface area contributed by atoms with Gasteiger partial charge in [0.05, 0.1) is 12.7 Å². The standard InChI is InChI=1S/C19H26O5/c1-3-6-14(13-18(22)19(23)24-4-2)7-5-8-17(21)15-9-11-16(20)12-10-15/h5,9-12,17-18,20-22H,3-4,6,8,13H2,1-2H3/t7?,17-,18-/m1/s1. The highest BCUT2D eigenvalue weighted by molar-refractivity contribution is 5.74. The van der Waals surface area contributed by atoms with E-state index in [4.69, 9.17) is 4.74 Å². The molecule has 2 atom stereocenters. The molecule has 0 radical (unpaired) electrons. The monoisotopic (exact) mass is 334 g/mol. The van der Waals surface area contributed by atoms with Crippen LogP contribution in [-0.4, -0.2) is 34.0 Å². The predicted octanol–water partition coefficient (Wildman–Crippen LogP) is 3.01. The molecule has 1 aromatic carbocycles. The molecular weight excluding hydrogens is 308 g/mol. The Morgan fingerprint density at radius 2 is 1.92 bits per heavy atom. The van der Waals surface area contributed by atoms with Gasteiger partial charge in [-0.1, -0.05) is 25.5 Å². The van der Waals surface area contributed by atoms with Gasteiger partial charge in [-0.3, -0.25) is 0 Å². The topological polar surface area (TPSA) is 87.0 Å². The third kappa shape index (κ3) is 7.01. The van der Waals surface area contributed by atoms with E-state index in [0.717, 1.165) is 12.0 Å². The van der Waals surface area contributed by atoms with E-state index in [2.05, 4.69) is 5.73 Å². The second kappa shape index (κ2) is 10.7. The molecule has 0 aliphatic carbocycles. The normalized spacial score (nSPS) is 12.8. The smallest absolute Gasteiger partial charge is 0.335 e. The Kier molecular flexibility index (Phi) is 8.87. The van der Waals surface area contributed by atoms with E-state index in [1.165, 1.54) is 12.1 Å². The first-order valence-electron chi connectivity index (χ1n) is 8.22. The van der Waals surface area contributed by atoms with E-state index in [0.29, 0.717) is 18.4 Å². The lowest BCUT2D eigenvalue weighted by Crippen LogP contribution is -2.23. The molecule has 0 saturated heterocycles. The third-order valence-electron chi connectivity index (χ3n) is 3.48. The number of hydrogen-bond acceptors (Lipinski definition) is 5. The van der Waals surface area contributed by atoms with Crippen LogP contribution in [0.3, 0.4) is 0 Å². The lowest BCUT2D eigenvalue weighted by atomic mass is 10.0. The van der Waals surface area contributed by atoms with Crippen molar-refractivity contribution in [2.45, 2.75) is 51.7 Å². The molecule has 0 unspecified atom stereocenters. The first-order valence-corrected chi connectivity index (χ1v) is 8.22. The number of aromatic hydroxyl groups is 1. The fourth-order valence-corrected chi connectivity index (χ4v) is 2.24. The minimum absolute atomic E-state index is 0.152. The molecule has 0 aromatic heterocycles. The number of rotatable bonds is 9. The highest BCUT2D eigenvalue weighted by atomic mass is 16.5. The summed E-state index contributed by atoms with van der Waals surface area (Å²) in [6, 6.07) is 6.37. The van der Waals surface area contributed by atoms with Crippen LogP contribution in [0.15, 0.2) is 41.6 Å². The van der Waals surface area contributed by atoms with Crippen LogP contribution < -0.4 is 0 Å². The molecule has 0 spiro atoms. The summed E-state index contributed by atoms with van der Waals surface area (Å²) in [4.78, 5) is 11.5. The number of phenols is 1. The van der Waals surface area contributed by atoms with Gasteiger partial charge in [0.25, 0.3) is 0 Å².